The third-order valence-electron chi connectivity index (χ3n) is 3.18. The van der Waals surface area contributed by atoms with E-state index in [1.165, 1.54) is 26.5 Å². The zero-order valence-corrected chi connectivity index (χ0v) is 20.2. The molecular formula is C14H20N2S2Sn2. The summed E-state index contributed by atoms with van der Waals surface area (Å²) in [6.45, 7) is 0. The predicted molar refractivity (Wildman–Crippen MR) is 98.8 cm³/mol. The van der Waals surface area contributed by atoms with Crippen LogP contribution in [0.15, 0.2) is 12.1 Å². The maximum absolute atomic E-state index is 4.91. The number of benzene rings is 1. The van der Waals surface area contributed by atoms with E-state index in [9.17, 15) is 0 Å². The Kier molecular flexibility index (Phi) is 3.92. The number of hydrogen-bond acceptors (Lipinski definition) is 4. The van der Waals surface area contributed by atoms with Gasteiger partial charge in [-0.2, -0.15) is 0 Å². The van der Waals surface area contributed by atoms with Crippen LogP contribution in [0, 0.1) is 0 Å². The molecule has 2 nitrogen and oxygen atoms in total. The van der Waals surface area contributed by atoms with Gasteiger partial charge in [0.2, 0.25) is 0 Å². The summed E-state index contributed by atoms with van der Waals surface area (Å²) in [5, 5.41) is 0. The van der Waals surface area contributed by atoms with Crippen molar-refractivity contribution in [3.63, 3.8) is 0 Å². The number of fused-ring (bicyclic) bond motifs is 2. The van der Waals surface area contributed by atoms with Crippen molar-refractivity contribution in [3.05, 3.63) is 12.1 Å². The molecule has 2 heterocycles. The fourth-order valence-corrected chi connectivity index (χ4v) is 13.8. The first kappa shape index (κ1) is 15.5. The maximum atomic E-state index is 4.91. The van der Waals surface area contributed by atoms with Crippen molar-refractivity contribution in [3.8, 4) is 0 Å². The quantitative estimate of drug-likeness (QED) is 0.480. The molecule has 20 heavy (non-hydrogen) atoms. The van der Waals surface area contributed by atoms with Crippen molar-refractivity contribution >= 4 is 85.9 Å². The molecule has 0 aliphatic carbocycles. The fourth-order valence-electron chi connectivity index (χ4n) is 1.99. The first-order valence-corrected chi connectivity index (χ1v) is 28.5. The van der Waals surface area contributed by atoms with Gasteiger partial charge in [0.15, 0.2) is 0 Å². The molecule has 0 saturated heterocycles. The van der Waals surface area contributed by atoms with E-state index in [2.05, 4.69) is 41.8 Å². The van der Waals surface area contributed by atoms with Crippen LogP contribution >= 0.6 is 22.7 Å². The summed E-state index contributed by atoms with van der Waals surface area (Å²) < 4.78 is 5.48. The average molecular weight is 518 g/mol. The first-order chi connectivity index (χ1) is 9.14. The number of thiazole rings is 2. The normalized spacial score (nSPS) is 13.5. The van der Waals surface area contributed by atoms with Gasteiger partial charge in [0.25, 0.3) is 0 Å². The summed E-state index contributed by atoms with van der Waals surface area (Å²) in [7, 11) is 0. The van der Waals surface area contributed by atoms with Gasteiger partial charge in [-0.1, -0.05) is 0 Å². The number of aromatic nitrogens is 2. The van der Waals surface area contributed by atoms with Crippen LogP contribution in [0.2, 0.25) is 29.6 Å². The van der Waals surface area contributed by atoms with Gasteiger partial charge in [-0.15, -0.1) is 0 Å². The van der Waals surface area contributed by atoms with Crippen molar-refractivity contribution in [2.75, 3.05) is 0 Å². The minimum atomic E-state index is -2.05. The van der Waals surface area contributed by atoms with E-state index in [4.69, 9.17) is 9.97 Å². The average Bonchev–Trinajstić information content (AvgIpc) is 2.85. The fraction of sp³-hybridized carbons (Fsp3) is 0.429. The van der Waals surface area contributed by atoms with Crippen LogP contribution in [0.25, 0.3) is 20.4 Å². The van der Waals surface area contributed by atoms with Crippen LogP contribution in [0.5, 0.6) is 0 Å². The van der Waals surface area contributed by atoms with E-state index in [0.717, 1.165) is 0 Å². The van der Waals surface area contributed by atoms with Gasteiger partial charge in [-0.05, 0) is 0 Å². The number of hydrogen-bond donors (Lipinski definition) is 0. The third-order valence-corrected chi connectivity index (χ3v) is 22.8. The van der Waals surface area contributed by atoms with Crippen LogP contribution in [-0.2, 0) is 0 Å². The Morgan fingerprint density at radius 1 is 0.700 bits per heavy atom. The predicted octanol–water partition coefficient (Wildman–Crippen LogP) is 4.00. The molecule has 0 spiro atoms. The molecular weight excluding hydrogens is 498 g/mol. The number of rotatable bonds is 2. The minimum absolute atomic E-state index is 1.18. The van der Waals surface area contributed by atoms with Crippen molar-refractivity contribution < 1.29 is 0 Å². The summed E-state index contributed by atoms with van der Waals surface area (Å²) in [5.74, 6) is 0. The summed E-state index contributed by atoms with van der Waals surface area (Å²) in [4.78, 5) is 24.4. The molecule has 0 unspecified atom stereocenters. The van der Waals surface area contributed by atoms with Gasteiger partial charge < -0.3 is 0 Å². The second kappa shape index (κ2) is 5.06. The summed E-state index contributed by atoms with van der Waals surface area (Å²) >= 11 is -0.292. The molecule has 0 saturated carbocycles. The molecule has 6 heteroatoms. The molecule has 1 aromatic carbocycles. The van der Waals surface area contributed by atoms with E-state index in [0.29, 0.717) is 0 Å². The van der Waals surface area contributed by atoms with Gasteiger partial charge in [-0.25, -0.2) is 0 Å². The van der Waals surface area contributed by atoms with E-state index < -0.39 is 36.8 Å². The molecule has 0 atom stereocenters. The van der Waals surface area contributed by atoms with E-state index in [-0.39, 0.29) is 0 Å². The Bertz CT molecular complexity index is 676. The number of nitrogens with zero attached hydrogens (tertiary/aromatic N) is 2. The second-order valence-electron chi connectivity index (χ2n) is 7.33. The third kappa shape index (κ3) is 2.90. The summed E-state index contributed by atoms with van der Waals surface area (Å²) in [5.41, 5.74) is 2.37. The van der Waals surface area contributed by atoms with Crippen LogP contribution in [0.4, 0.5) is 0 Å². The van der Waals surface area contributed by atoms with Crippen molar-refractivity contribution in [1.29, 1.82) is 0 Å². The Morgan fingerprint density at radius 2 is 1.05 bits per heavy atom. The molecule has 0 aliphatic heterocycles. The Hall–Kier alpha value is 0.597. The van der Waals surface area contributed by atoms with E-state index in [1.54, 1.807) is 0 Å². The Labute approximate surface area is 136 Å². The Balaban J connectivity index is 2.20. The molecule has 0 radical (unpaired) electrons. The van der Waals surface area contributed by atoms with Crippen LogP contribution < -0.4 is 6.05 Å². The molecule has 3 rings (SSSR count). The van der Waals surface area contributed by atoms with Gasteiger partial charge >= 0.3 is 138 Å². The summed E-state index contributed by atoms with van der Waals surface area (Å²) in [6.07, 6.45) is 0. The van der Waals surface area contributed by atoms with E-state index in [1.807, 2.05) is 22.7 Å². The standard InChI is InChI=1S/C8H2N2S2.6CH3.2Sn/c1-5-8(12-3-9-5)2-6-7(1)11-4-10-6;;;;;;;;/h1-2H;6*1H3;;. The monoisotopic (exact) mass is 520 g/mol. The molecule has 0 N–H and O–H groups in total. The molecule has 106 valence electrons. The topological polar surface area (TPSA) is 25.8 Å². The van der Waals surface area contributed by atoms with Crippen LogP contribution in [-0.4, -0.2) is 46.7 Å². The SMILES string of the molecule is [CH3][Sn]([CH3])([CH3])[c]1nc2cc3s[c]([Sn]([CH3])([CH3])[CH3])nc3cc2s1. The zero-order chi connectivity index (χ0) is 14.7. The molecule has 2 aromatic heterocycles. The zero-order valence-electron chi connectivity index (χ0n) is 12.9. The second-order valence-corrected chi connectivity index (χ2v) is 39.8. The molecule has 0 amide bonds. The Morgan fingerprint density at radius 3 is 1.35 bits per heavy atom. The van der Waals surface area contributed by atoms with Gasteiger partial charge in [0.1, 0.15) is 0 Å². The summed E-state index contributed by atoms with van der Waals surface area (Å²) in [6, 6.07) is 4.53. The van der Waals surface area contributed by atoms with Crippen molar-refractivity contribution in [2.45, 2.75) is 29.6 Å². The molecule has 0 fully saturated rings. The van der Waals surface area contributed by atoms with Crippen LogP contribution in [0.1, 0.15) is 0 Å². The van der Waals surface area contributed by atoms with Gasteiger partial charge in [0.05, 0.1) is 0 Å². The van der Waals surface area contributed by atoms with Crippen molar-refractivity contribution in [2.24, 2.45) is 0 Å². The van der Waals surface area contributed by atoms with Gasteiger partial charge in [0, 0.05) is 0 Å². The van der Waals surface area contributed by atoms with E-state index >= 15 is 0 Å². The molecule has 0 bridgehead atoms. The van der Waals surface area contributed by atoms with Gasteiger partial charge in [-0.3, -0.25) is 0 Å². The molecule has 3 aromatic rings. The van der Waals surface area contributed by atoms with Crippen LogP contribution in [0.3, 0.4) is 0 Å². The molecule has 0 aliphatic rings. The first-order valence-electron chi connectivity index (χ1n) is 6.87. The van der Waals surface area contributed by atoms with Crippen molar-refractivity contribution in [1.82, 2.24) is 9.97 Å².